The summed E-state index contributed by atoms with van der Waals surface area (Å²) in [7, 11) is 0. The number of hydrogen-bond acceptors (Lipinski definition) is 4. The van der Waals surface area contributed by atoms with Gasteiger partial charge < -0.3 is 16.0 Å². The Balaban J connectivity index is 1.65. The van der Waals surface area contributed by atoms with Crippen LogP contribution in [-0.2, 0) is 22.6 Å². The predicted octanol–water partition coefficient (Wildman–Crippen LogP) is 2.00. The molecule has 1 fully saturated rings. The van der Waals surface area contributed by atoms with Crippen LogP contribution < -0.4 is 16.0 Å². The minimum absolute atomic E-state index is 0.117. The number of amides is 3. The fourth-order valence-corrected chi connectivity index (χ4v) is 3.48. The highest BCUT2D eigenvalue weighted by Gasteiger charge is 2.29. The van der Waals surface area contributed by atoms with E-state index >= 15 is 0 Å². The van der Waals surface area contributed by atoms with Crippen LogP contribution in [-0.4, -0.2) is 29.8 Å². The number of carbonyl (C=O) groups excluding carboxylic acids is 3. The highest BCUT2D eigenvalue weighted by molar-refractivity contribution is 7.14. The van der Waals surface area contributed by atoms with E-state index in [0.717, 1.165) is 23.3 Å². The fraction of sp³-hybridized carbons (Fsp3) is 0.350. The molecule has 3 amide bonds. The van der Waals surface area contributed by atoms with Gasteiger partial charge in [0, 0.05) is 24.3 Å². The second kappa shape index (κ2) is 8.81. The molecule has 1 aliphatic rings. The van der Waals surface area contributed by atoms with E-state index in [1.807, 2.05) is 36.4 Å². The molecule has 1 aromatic carbocycles. The average molecular weight is 385 g/mol. The van der Waals surface area contributed by atoms with Crippen molar-refractivity contribution in [3.05, 3.63) is 57.8 Å². The van der Waals surface area contributed by atoms with Crippen LogP contribution in [0.3, 0.4) is 0 Å². The summed E-state index contributed by atoms with van der Waals surface area (Å²) in [5.41, 5.74) is 0.992. The van der Waals surface area contributed by atoms with Crippen LogP contribution in [0.4, 0.5) is 0 Å². The van der Waals surface area contributed by atoms with E-state index < -0.39 is 6.04 Å². The molecule has 3 rings (SSSR count). The number of benzene rings is 1. The largest absolute Gasteiger partial charge is 0.352 e. The van der Waals surface area contributed by atoms with Crippen LogP contribution in [0.5, 0.6) is 0 Å². The summed E-state index contributed by atoms with van der Waals surface area (Å²) in [6, 6.07) is 12.8. The zero-order chi connectivity index (χ0) is 19.2. The zero-order valence-corrected chi connectivity index (χ0v) is 16.0. The zero-order valence-electron chi connectivity index (χ0n) is 15.2. The first-order valence-electron chi connectivity index (χ1n) is 8.99. The van der Waals surface area contributed by atoms with Crippen LogP contribution in [0.25, 0.3) is 0 Å². The average Bonchev–Trinajstić information content (AvgIpc) is 3.33. The lowest BCUT2D eigenvalue weighted by molar-refractivity contribution is -0.123. The molecule has 1 atom stereocenters. The van der Waals surface area contributed by atoms with Crippen LogP contribution in [0, 0.1) is 0 Å². The van der Waals surface area contributed by atoms with Gasteiger partial charge in [0.05, 0.1) is 11.4 Å². The maximum absolute atomic E-state index is 12.6. The van der Waals surface area contributed by atoms with Crippen molar-refractivity contribution in [1.29, 1.82) is 0 Å². The molecular formula is C20H23N3O3S. The molecule has 0 aliphatic heterocycles. The molecule has 6 nitrogen and oxygen atoms in total. The minimum atomic E-state index is -0.624. The topological polar surface area (TPSA) is 87.3 Å². The van der Waals surface area contributed by atoms with Gasteiger partial charge >= 0.3 is 0 Å². The van der Waals surface area contributed by atoms with Gasteiger partial charge in [0.15, 0.2) is 0 Å². The number of hydrogen-bond donors (Lipinski definition) is 3. The van der Waals surface area contributed by atoms with Crippen LogP contribution in [0.1, 0.15) is 39.9 Å². The number of rotatable bonds is 8. The highest BCUT2D eigenvalue weighted by atomic mass is 32.1. The van der Waals surface area contributed by atoms with E-state index in [1.54, 1.807) is 6.07 Å². The standard InChI is InChI=1S/C20H23N3O3S/c1-13(24)21-12-16-9-10-18(27-16)20(26)23-17(19(25)22-15-7-8-15)11-14-5-3-2-4-6-14/h2-6,9-10,15,17H,7-8,11-12H2,1H3,(H,21,24)(H,22,25)(H,23,26). The molecule has 0 saturated heterocycles. The monoisotopic (exact) mass is 385 g/mol. The second-order valence-corrected chi connectivity index (χ2v) is 7.84. The first-order valence-corrected chi connectivity index (χ1v) is 9.81. The third-order valence-electron chi connectivity index (χ3n) is 4.23. The lowest BCUT2D eigenvalue weighted by Crippen LogP contribution is -2.48. The molecule has 0 spiro atoms. The third kappa shape index (κ3) is 5.92. The Morgan fingerprint density at radius 3 is 2.52 bits per heavy atom. The molecular weight excluding hydrogens is 362 g/mol. The van der Waals surface area contributed by atoms with Gasteiger partial charge in [0.2, 0.25) is 11.8 Å². The van der Waals surface area contributed by atoms with Crippen LogP contribution in [0.2, 0.25) is 0 Å². The summed E-state index contributed by atoms with van der Waals surface area (Å²) in [5.74, 6) is -0.542. The summed E-state index contributed by atoms with van der Waals surface area (Å²) in [4.78, 5) is 37.6. The minimum Gasteiger partial charge on any atom is -0.352 e. The van der Waals surface area contributed by atoms with Crippen LogP contribution >= 0.6 is 11.3 Å². The predicted molar refractivity (Wildman–Crippen MR) is 104 cm³/mol. The van der Waals surface area contributed by atoms with Crippen molar-refractivity contribution in [1.82, 2.24) is 16.0 Å². The molecule has 1 aromatic heterocycles. The van der Waals surface area contributed by atoms with E-state index in [-0.39, 0.29) is 23.8 Å². The molecule has 142 valence electrons. The molecule has 0 radical (unpaired) electrons. The Morgan fingerprint density at radius 1 is 1.11 bits per heavy atom. The van der Waals surface area contributed by atoms with Gasteiger partial charge in [-0.15, -0.1) is 11.3 Å². The van der Waals surface area contributed by atoms with Gasteiger partial charge in [0.25, 0.3) is 5.91 Å². The quantitative estimate of drug-likeness (QED) is 0.650. The molecule has 27 heavy (non-hydrogen) atoms. The van der Waals surface area contributed by atoms with Gasteiger partial charge in [-0.1, -0.05) is 30.3 Å². The molecule has 3 N–H and O–H groups in total. The van der Waals surface area contributed by atoms with Crippen molar-refractivity contribution in [2.24, 2.45) is 0 Å². The van der Waals surface area contributed by atoms with Crippen molar-refractivity contribution in [2.75, 3.05) is 0 Å². The van der Waals surface area contributed by atoms with Crippen molar-refractivity contribution in [3.63, 3.8) is 0 Å². The lowest BCUT2D eigenvalue weighted by Gasteiger charge is -2.18. The summed E-state index contributed by atoms with van der Waals surface area (Å²) in [6.07, 6.45) is 2.43. The number of nitrogens with one attached hydrogen (secondary N) is 3. The normalized spacial score (nSPS) is 14.3. The Hall–Kier alpha value is -2.67. The highest BCUT2D eigenvalue weighted by Crippen LogP contribution is 2.20. The lowest BCUT2D eigenvalue weighted by atomic mass is 10.1. The maximum atomic E-state index is 12.6. The van der Waals surface area contributed by atoms with Gasteiger partial charge in [0.1, 0.15) is 6.04 Å². The van der Waals surface area contributed by atoms with E-state index in [9.17, 15) is 14.4 Å². The molecule has 1 heterocycles. The summed E-state index contributed by atoms with van der Waals surface area (Å²) < 4.78 is 0. The van der Waals surface area contributed by atoms with Gasteiger partial charge in [-0.25, -0.2) is 0 Å². The summed E-state index contributed by atoms with van der Waals surface area (Å²) in [6.45, 7) is 1.84. The van der Waals surface area contributed by atoms with Crippen molar-refractivity contribution in [2.45, 2.75) is 44.8 Å². The Morgan fingerprint density at radius 2 is 1.85 bits per heavy atom. The summed E-state index contributed by atoms with van der Waals surface area (Å²) >= 11 is 1.31. The number of carbonyl (C=O) groups is 3. The molecule has 2 aromatic rings. The maximum Gasteiger partial charge on any atom is 0.262 e. The first kappa shape index (κ1) is 19.1. The fourth-order valence-electron chi connectivity index (χ4n) is 2.62. The molecule has 1 unspecified atom stereocenters. The van der Waals surface area contributed by atoms with E-state index in [4.69, 9.17) is 0 Å². The Labute approximate surface area is 162 Å². The van der Waals surface area contributed by atoms with Crippen LogP contribution in [0.15, 0.2) is 42.5 Å². The molecule has 0 bridgehead atoms. The Bertz CT molecular complexity index is 815. The van der Waals surface area contributed by atoms with E-state index in [0.29, 0.717) is 17.8 Å². The van der Waals surface area contributed by atoms with E-state index in [2.05, 4.69) is 16.0 Å². The second-order valence-electron chi connectivity index (χ2n) is 6.67. The van der Waals surface area contributed by atoms with Gasteiger partial charge in [-0.3, -0.25) is 14.4 Å². The Kier molecular flexibility index (Phi) is 6.24. The first-order chi connectivity index (χ1) is 13.0. The molecule has 7 heteroatoms. The van der Waals surface area contributed by atoms with Crippen molar-refractivity contribution >= 4 is 29.1 Å². The smallest absolute Gasteiger partial charge is 0.262 e. The van der Waals surface area contributed by atoms with Gasteiger partial charge in [-0.05, 0) is 30.5 Å². The number of thiophene rings is 1. The van der Waals surface area contributed by atoms with Crippen molar-refractivity contribution < 1.29 is 14.4 Å². The van der Waals surface area contributed by atoms with Gasteiger partial charge in [-0.2, -0.15) is 0 Å². The SMILES string of the molecule is CC(=O)NCc1ccc(C(=O)NC(Cc2ccccc2)C(=O)NC2CC2)s1. The third-order valence-corrected chi connectivity index (χ3v) is 5.31. The molecule has 1 aliphatic carbocycles. The summed E-state index contributed by atoms with van der Waals surface area (Å²) in [5, 5.41) is 8.55. The molecule has 1 saturated carbocycles. The van der Waals surface area contributed by atoms with E-state index in [1.165, 1.54) is 18.3 Å². The van der Waals surface area contributed by atoms with Crippen molar-refractivity contribution in [3.8, 4) is 0 Å².